The van der Waals surface area contributed by atoms with E-state index in [4.69, 9.17) is 92.8 Å². The summed E-state index contributed by atoms with van der Waals surface area (Å²) in [5.74, 6) is -12.8. The maximum atomic E-state index is 15.2. The molecule has 0 aliphatic carbocycles. The van der Waals surface area contributed by atoms with Crippen molar-refractivity contribution in [2.75, 3.05) is 6.61 Å². The molecule has 5 atom stereocenters. The van der Waals surface area contributed by atoms with Crippen LogP contribution in [0, 0.1) is 63.7 Å². The molecule has 0 radical (unpaired) electrons. The van der Waals surface area contributed by atoms with Crippen molar-refractivity contribution in [3.63, 3.8) is 0 Å². The Labute approximate surface area is 891 Å². The summed E-state index contributed by atoms with van der Waals surface area (Å²) in [6.45, 7) is 7.32. The van der Waals surface area contributed by atoms with E-state index in [9.17, 15) is 51.9 Å². The summed E-state index contributed by atoms with van der Waals surface area (Å²) < 4.78 is 115. The maximum absolute atomic E-state index is 15.2. The van der Waals surface area contributed by atoms with E-state index in [-0.39, 0.29) is 69.9 Å². The molecule has 16 nitrogen and oxygen atoms in total. The highest BCUT2D eigenvalue weighted by molar-refractivity contribution is 6.42. The Morgan fingerprint density at radius 2 is 0.678 bits per heavy atom. The molecule has 20 aromatic rings. The maximum Gasteiger partial charge on any atom is 0.422 e. The molecule has 149 heavy (non-hydrogen) atoms. The summed E-state index contributed by atoms with van der Waals surface area (Å²) in [7, 11) is 0. The number of hydrogen-bond acceptors (Lipinski definition) is 16. The van der Waals surface area contributed by atoms with E-state index < -0.39 is 64.8 Å². The van der Waals surface area contributed by atoms with Crippen molar-refractivity contribution in [1.82, 2.24) is 49.8 Å². The molecule has 32 heteroatoms. The van der Waals surface area contributed by atoms with Gasteiger partial charge < -0.3 is 30.3 Å². The molecule has 5 unspecified atom stereocenters. The fourth-order valence-corrected chi connectivity index (χ4v) is 19.7. The van der Waals surface area contributed by atoms with Gasteiger partial charge in [-0.3, -0.25) is 39.9 Å². The van der Waals surface area contributed by atoms with Gasteiger partial charge in [0.2, 0.25) is 11.6 Å². The van der Waals surface area contributed by atoms with Gasteiger partial charge in [-0.15, -0.1) is 0 Å². The first-order valence-electron chi connectivity index (χ1n) is 46.5. The number of phenols is 5. The molecule has 0 saturated carbocycles. The predicted molar refractivity (Wildman–Crippen MR) is 573 cm³/mol. The van der Waals surface area contributed by atoms with Crippen LogP contribution in [0.3, 0.4) is 0 Å². The Morgan fingerprint density at radius 3 is 1.12 bits per heavy atom. The molecule has 0 spiro atoms. The highest BCUT2D eigenvalue weighted by Gasteiger charge is 2.38. The van der Waals surface area contributed by atoms with Gasteiger partial charge in [0.05, 0.1) is 20.1 Å². The average Bonchev–Trinajstić information content (AvgIpc) is 0.757. The van der Waals surface area contributed by atoms with E-state index in [1.807, 2.05) is 234 Å². The molecule has 754 valence electrons. The van der Waals surface area contributed by atoms with Crippen molar-refractivity contribution in [3.8, 4) is 34.5 Å². The molecular formula is C117H88Cl8F8N10O6. The van der Waals surface area contributed by atoms with Crippen molar-refractivity contribution >= 4 is 147 Å². The monoisotopic (exact) mass is 2160 g/mol. The molecular weight excluding hydrogens is 2080 g/mol. The lowest BCUT2D eigenvalue weighted by Crippen LogP contribution is -2.22. The highest BCUT2D eigenvalue weighted by Crippen LogP contribution is 2.49. The molecule has 0 aliphatic rings. The van der Waals surface area contributed by atoms with Crippen molar-refractivity contribution < 1.29 is 65.4 Å². The number of ether oxygens (including phenoxy) is 1. The normalized spacial score (nSPS) is 12.4. The van der Waals surface area contributed by atoms with Crippen molar-refractivity contribution in [1.29, 1.82) is 0 Å². The predicted octanol–water partition coefficient (Wildman–Crippen LogP) is 32.0. The first-order valence-corrected chi connectivity index (χ1v) is 49.5. The van der Waals surface area contributed by atoms with Crippen molar-refractivity contribution in [2.24, 2.45) is 0 Å². The molecule has 0 amide bonds. The van der Waals surface area contributed by atoms with Gasteiger partial charge in [0, 0.05) is 231 Å². The number of nitrogens with zero attached hydrogens (tertiary/aromatic N) is 10. The number of aryl methyl sites for hydroxylation is 5. The number of benzene rings is 10. The zero-order chi connectivity index (χ0) is 106. The van der Waals surface area contributed by atoms with Crippen molar-refractivity contribution in [3.05, 3.63) is 492 Å². The van der Waals surface area contributed by atoms with E-state index in [1.165, 1.54) is 36.7 Å². The largest absolute Gasteiger partial charge is 0.505 e. The quantitative estimate of drug-likeness (QED) is 0.0313. The van der Waals surface area contributed by atoms with Gasteiger partial charge in [0.1, 0.15) is 62.1 Å². The topological polar surface area (TPSA) is 239 Å². The molecule has 0 saturated heterocycles. The van der Waals surface area contributed by atoms with Gasteiger partial charge >= 0.3 is 6.18 Å². The standard InChI is InChI=1S/C25H17F7N2O2.2C24H20Cl2N2O.C22H15Cl2FN2O.C22H16Cl2N2O/c1-12-6-8-33-14(9-12)10-16(15-5-4-13-3-2-7-34-22(13)23(15)35)17-18(26)20(28)24(21(29)19(17)27)36-11-25(30,31)32;1-14-5-3-6-17(27-14)13-19(22-20(25)7-4-8-21(22)26)18-12-11-16-10-9-15(2)28-23(16)24(18)29;1-14-4-3-5-18(27-14)13-20(17-9-11-21(25)22(26)12-17)19-10-8-16-7-6-15(2)28-23(16)24(19)29;23-14-4-6-16(27-12-14)11-19(17-8-5-15(25)10-20(17)24)18-7-3-13-2-1-9-26-21(13)22(18)28;23-15-8-9-16(26-13-15)12-19(17-5-1-2-6-20(17)24)18-10-7-14-4-3-11-25-21(14)22(18)27/h2-9,16,35H,10-11H2,1H3;3-12,19,29H,13H2,1-2H3;3-12,20,29H,13H2,1-2H3;1-10,12,19,28H,11H2;1-11,13,19,27H,12H2. The molecule has 0 bridgehead atoms. The second-order valence-corrected chi connectivity index (χ2v) is 38.6. The Hall–Kier alpha value is -14.4. The fourth-order valence-electron chi connectivity index (χ4n) is 17.9. The third-order valence-corrected chi connectivity index (χ3v) is 27.5. The van der Waals surface area contributed by atoms with E-state index >= 15 is 8.78 Å². The zero-order valence-electron chi connectivity index (χ0n) is 79.7. The van der Waals surface area contributed by atoms with Crippen molar-refractivity contribution in [2.45, 2.75) is 102 Å². The molecule has 5 N–H and O–H groups in total. The van der Waals surface area contributed by atoms with Crippen LogP contribution in [0.1, 0.15) is 142 Å². The van der Waals surface area contributed by atoms with Crippen LogP contribution in [0.15, 0.2) is 310 Å². The first-order chi connectivity index (χ1) is 71.5. The number of rotatable bonds is 22. The summed E-state index contributed by atoms with van der Waals surface area (Å²) in [4.78, 5) is 44.0. The number of fused-ring (bicyclic) bond motifs is 5. The Morgan fingerprint density at radius 1 is 0.282 bits per heavy atom. The van der Waals surface area contributed by atoms with E-state index in [2.05, 4.69) is 54.6 Å². The number of phenolic OH excluding ortho intramolecular Hbond substituents is 5. The molecule has 0 aliphatic heterocycles. The number of halogens is 16. The molecule has 10 heterocycles. The lowest BCUT2D eigenvalue weighted by atomic mass is 9.85. The summed E-state index contributed by atoms with van der Waals surface area (Å²) in [5, 5.41) is 63.2. The summed E-state index contributed by atoms with van der Waals surface area (Å²) in [6, 6.07) is 82.2. The van der Waals surface area contributed by atoms with Gasteiger partial charge in [0.15, 0.2) is 24.0 Å². The van der Waals surface area contributed by atoms with Crippen LogP contribution in [0.5, 0.6) is 34.5 Å². The molecule has 0 fully saturated rings. The van der Waals surface area contributed by atoms with Crippen LogP contribution in [0.25, 0.3) is 54.5 Å². The van der Waals surface area contributed by atoms with Gasteiger partial charge in [-0.1, -0.05) is 232 Å². The number of alkyl halides is 3. The van der Waals surface area contributed by atoms with Gasteiger partial charge in [-0.05, 0) is 196 Å². The highest BCUT2D eigenvalue weighted by atomic mass is 35.5. The number of pyridine rings is 10. The van der Waals surface area contributed by atoms with Crippen LogP contribution in [0.2, 0.25) is 40.2 Å². The smallest absolute Gasteiger partial charge is 0.422 e. The lowest BCUT2D eigenvalue weighted by molar-refractivity contribution is -0.154. The fraction of sp³-hybridized carbons (Fsp3) is 0.145. The van der Waals surface area contributed by atoms with E-state index in [1.54, 1.807) is 74.2 Å². The third kappa shape index (κ3) is 25.6. The summed E-state index contributed by atoms with van der Waals surface area (Å²) in [6.07, 6.45) is 6.17. The molecule has 20 rings (SSSR count). The number of hydrogen-bond donors (Lipinski definition) is 5. The summed E-state index contributed by atoms with van der Waals surface area (Å²) >= 11 is 50.3. The Kier molecular flexibility index (Phi) is 34.4. The number of aromatic hydroxyl groups is 5. The zero-order valence-corrected chi connectivity index (χ0v) is 85.8. The molecule has 10 aromatic heterocycles. The van der Waals surface area contributed by atoms with Crippen LogP contribution in [-0.4, -0.2) is 88.2 Å². The van der Waals surface area contributed by atoms with Crippen LogP contribution in [-0.2, 0) is 32.1 Å². The van der Waals surface area contributed by atoms with E-state index in [0.29, 0.717) is 104 Å². The van der Waals surface area contributed by atoms with Crippen LogP contribution in [0.4, 0.5) is 35.1 Å². The number of aromatic nitrogens is 10. The third-order valence-electron chi connectivity index (χ3n) is 25.0. The SMILES string of the molecule is Cc1cccc(CC(c2ccc(Cl)c(Cl)c2)c2ccc3ccc(C)nc3c2O)n1.Cc1cccc(CC(c2ccc3ccc(C)nc3c2O)c2c(Cl)cccc2Cl)n1.Cc1ccnc(CC(c2ccc3cccnc3c2O)c2c(F)c(F)c(OCC(F)(F)F)c(F)c2F)c1.Oc1c(C(Cc2ccc(Cl)cn2)c2ccc(F)cc2Cl)ccc2cccnc12.Oc1c(C(Cc2ccc(Cl)cn2)c2ccccc2Cl)ccc2cccnc12. The van der Waals surface area contributed by atoms with Gasteiger partial charge in [-0.2, -0.15) is 22.0 Å². The van der Waals surface area contributed by atoms with Crippen LogP contribution < -0.4 is 4.74 Å². The minimum Gasteiger partial charge on any atom is -0.505 e. The minimum atomic E-state index is -5.01. The van der Waals surface area contributed by atoms with E-state index in [0.717, 1.165) is 106 Å². The van der Waals surface area contributed by atoms with Crippen LogP contribution >= 0.6 is 92.8 Å². The first kappa shape index (κ1) is 107. The second-order valence-electron chi connectivity index (χ2n) is 35.3. The average molecular weight is 2170 g/mol. The van der Waals surface area contributed by atoms with Gasteiger partial charge in [-0.25, -0.2) is 23.1 Å². The second kappa shape index (κ2) is 47.8. The van der Waals surface area contributed by atoms with Gasteiger partial charge in [0.25, 0.3) is 0 Å². The minimum absolute atomic E-state index is 0.0732. The summed E-state index contributed by atoms with van der Waals surface area (Å²) in [5.41, 5.74) is 15.5. The Balaban J connectivity index is 0.000000133. The Bertz CT molecular complexity index is 8300. The molecule has 10 aromatic carbocycles. The lowest BCUT2D eigenvalue weighted by Gasteiger charge is -2.22.